The van der Waals surface area contributed by atoms with Gasteiger partial charge in [-0.05, 0) is 79.4 Å². The SMILES string of the molecule is O=C1C[C@H]2CC[C@@H](CC(=O)N1C[C@@H]1CCCC[C@H]1CN1CCN(c3nsc4ccccc34)CC1)C2. The van der Waals surface area contributed by atoms with E-state index in [4.69, 9.17) is 4.37 Å². The lowest BCUT2D eigenvalue weighted by molar-refractivity contribution is -0.148. The zero-order chi connectivity index (χ0) is 23.8. The predicted molar refractivity (Wildman–Crippen MR) is 141 cm³/mol. The first kappa shape index (κ1) is 23.4. The maximum atomic E-state index is 13.1. The van der Waals surface area contributed by atoms with E-state index in [-0.39, 0.29) is 11.8 Å². The van der Waals surface area contributed by atoms with Gasteiger partial charge in [0.1, 0.15) is 5.82 Å². The molecule has 2 aromatic rings. The van der Waals surface area contributed by atoms with E-state index in [0.29, 0.717) is 43.1 Å². The lowest BCUT2D eigenvalue weighted by Gasteiger charge is -2.41. The second-order valence-electron chi connectivity index (χ2n) is 11.4. The van der Waals surface area contributed by atoms with E-state index in [1.807, 2.05) is 0 Å². The number of aromatic nitrogens is 1. The Morgan fingerprint density at radius 2 is 1.49 bits per heavy atom. The molecule has 7 heteroatoms. The Morgan fingerprint density at radius 1 is 0.829 bits per heavy atom. The highest BCUT2D eigenvalue weighted by Crippen LogP contribution is 2.39. The number of imide groups is 1. The largest absolute Gasteiger partial charge is 0.353 e. The molecular formula is C28H38N4O2S. The second-order valence-corrected chi connectivity index (χ2v) is 12.3. The van der Waals surface area contributed by atoms with Crippen molar-refractivity contribution in [2.45, 2.75) is 57.8 Å². The minimum absolute atomic E-state index is 0.105. The maximum Gasteiger partial charge on any atom is 0.229 e. The number of rotatable bonds is 5. The lowest BCUT2D eigenvalue weighted by atomic mass is 9.78. The molecule has 3 heterocycles. The van der Waals surface area contributed by atoms with Crippen molar-refractivity contribution in [1.29, 1.82) is 0 Å². The van der Waals surface area contributed by atoms with Gasteiger partial charge in [-0.25, -0.2) is 0 Å². The molecule has 2 saturated heterocycles. The molecule has 1 aromatic heterocycles. The number of amides is 2. The normalized spacial score (nSPS) is 30.6. The van der Waals surface area contributed by atoms with Crippen LogP contribution in [0.2, 0.25) is 0 Å². The monoisotopic (exact) mass is 494 g/mol. The number of hydrogen-bond acceptors (Lipinski definition) is 6. The summed E-state index contributed by atoms with van der Waals surface area (Å²) in [6, 6.07) is 8.53. The molecule has 4 aliphatic rings. The minimum atomic E-state index is 0.105. The molecule has 0 N–H and O–H groups in total. The van der Waals surface area contributed by atoms with Crippen molar-refractivity contribution in [2.75, 3.05) is 44.2 Å². The average Bonchev–Trinajstić information content (AvgIpc) is 3.50. The van der Waals surface area contributed by atoms with Crippen molar-refractivity contribution < 1.29 is 9.59 Å². The fourth-order valence-corrected chi connectivity index (χ4v) is 7.98. The van der Waals surface area contributed by atoms with Gasteiger partial charge < -0.3 is 4.90 Å². The first-order chi connectivity index (χ1) is 17.1. The Balaban J connectivity index is 1.07. The van der Waals surface area contributed by atoms with E-state index < -0.39 is 0 Å². The van der Waals surface area contributed by atoms with Crippen LogP contribution in [0.4, 0.5) is 5.82 Å². The molecule has 4 fully saturated rings. The van der Waals surface area contributed by atoms with E-state index >= 15 is 0 Å². The summed E-state index contributed by atoms with van der Waals surface area (Å²) in [4.78, 5) is 32.9. The van der Waals surface area contributed by atoms with E-state index in [1.54, 1.807) is 16.4 Å². The summed E-state index contributed by atoms with van der Waals surface area (Å²) in [6.45, 7) is 5.89. The number of hydrogen-bond donors (Lipinski definition) is 0. The number of anilines is 1. The van der Waals surface area contributed by atoms with Gasteiger partial charge in [0.25, 0.3) is 0 Å². The van der Waals surface area contributed by atoms with Crippen molar-refractivity contribution >= 4 is 39.3 Å². The van der Waals surface area contributed by atoms with Crippen molar-refractivity contribution in [1.82, 2.24) is 14.2 Å². The van der Waals surface area contributed by atoms with Crippen LogP contribution in [0, 0.1) is 23.7 Å². The van der Waals surface area contributed by atoms with Crippen molar-refractivity contribution in [3.05, 3.63) is 24.3 Å². The predicted octanol–water partition coefficient (Wildman–Crippen LogP) is 4.79. The summed E-state index contributed by atoms with van der Waals surface area (Å²) in [5.74, 6) is 3.41. The molecular weight excluding hydrogens is 456 g/mol. The van der Waals surface area contributed by atoms with Gasteiger partial charge in [-0.1, -0.05) is 25.0 Å². The summed E-state index contributed by atoms with van der Waals surface area (Å²) in [6.07, 6.45) is 9.41. The molecule has 0 spiro atoms. The van der Waals surface area contributed by atoms with Crippen LogP contribution < -0.4 is 4.90 Å². The van der Waals surface area contributed by atoms with E-state index in [2.05, 4.69) is 34.1 Å². The van der Waals surface area contributed by atoms with Crippen LogP contribution in [0.1, 0.15) is 57.8 Å². The first-order valence-corrected chi connectivity index (χ1v) is 14.6. The third-order valence-corrected chi connectivity index (χ3v) is 10.0. The first-order valence-electron chi connectivity index (χ1n) is 13.8. The smallest absolute Gasteiger partial charge is 0.229 e. The molecule has 0 unspecified atom stereocenters. The Bertz CT molecular complexity index is 1040. The Morgan fingerprint density at radius 3 is 2.20 bits per heavy atom. The highest BCUT2D eigenvalue weighted by molar-refractivity contribution is 7.13. The van der Waals surface area contributed by atoms with Gasteiger partial charge in [0.15, 0.2) is 0 Å². The van der Waals surface area contributed by atoms with Crippen LogP contribution in [0.5, 0.6) is 0 Å². The van der Waals surface area contributed by atoms with Crippen LogP contribution in [-0.2, 0) is 9.59 Å². The zero-order valence-electron chi connectivity index (χ0n) is 20.7. The summed E-state index contributed by atoms with van der Waals surface area (Å²) in [7, 11) is 0. The van der Waals surface area contributed by atoms with Crippen LogP contribution in [0.25, 0.3) is 10.1 Å². The standard InChI is InChI=1S/C28H38N4O2S/c33-26-16-20-9-10-21(15-20)17-27(34)32(26)19-23-6-2-1-5-22(23)18-30-11-13-31(14-12-30)28-24-7-3-4-8-25(24)35-29-28/h3-4,7-8,20-23H,1-2,5-6,9-19H2/t20-,21+,22-,23-/m0/s1. The lowest BCUT2D eigenvalue weighted by Crippen LogP contribution is -2.50. The molecule has 1 aromatic carbocycles. The average molecular weight is 495 g/mol. The summed E-state index contributed by atoms with van der Waals surface area (Å²) in [5, 5.41) is 1.27. The summed E-state index contributed by atoms with van der Waals surface area (Å²) < 4.78 is 6.02. The van der Waals surface area contributed by atoms with Crippen LogP contribution in [-0.4, -0.2) is 65.3 Å². The molecule has 2 aliphatic heterocycles. The summed E-state index contributed by atoms with van der Waals surface area (Å²) in [5.41, 5.74) is 0. The Hall–Kier alpha value is -1.99. The van der Waals surface area contributed by atoms with Gasteiger partial charge in [0.05, 0.1) is 4.70 Å². The number of benzene rings is 1. The Labute approximate surface area is 212 Å². The van der Waals surface area contributed by atoms with Crippen LogP contribution in [0.3, 0.4) is 0 Å². The quantitative estimate of drug-likeness (QED) is 0.560. The summed E-state index contributed by atoms with van der Waals surface area (Å²) >= 11 is 1.60. The molecule has 4 atom stereocenters. The van der Waals surface area contributed by atoms with Crippen LogP contribution in [0.15, 0.2) is 24.3 Å². The van der Waals surface area contributed by atoms with Crippen molar-refractivity contribution in [3.63, 3.8) is 0 Å². The van der Waals surface area contributed by atoms with Gasteiger partial charge >= 0.3 is 0 Å². The number of carbonyl (C=O) groups is 2. The number of likely N-dealkylation sites (tertiary alicyclic amines) is 1. The van der Waals surface area contributed by atoms with Crippen LogP contribution >= 0.6 is 11.5 Å². The second kappa shape index (κ2) is 10.2. The fourth-order valence-electron chi connectivity index (χ4n) is 7.18. The molecule has 188 valence electrons. The minimum Gasteiger partial charge on any atom is -0.353 e. The number of carbonyl (C=O) groups excluding carboxylic acids is 2. The van der Waals surface area contributed by atoms with Crippen molar-refractivity contribution in [2.24, 2.45) is 23.7 Å². The topological polar surface area (TPSA) is 56.8 Å². The molecule has 2 amide bonds. The molecule has 2 bridgehead atoms. The highest BCUT2D eigenvalue weighted by Gasteiger charge is 2.38. The molecule has 6 nitrogen and oxygen atoms in total. The van der Waals surface area contributed by atoms with Gasteiger partial charge in [-0.2, -0.15) is 4.37 Å². The highest BCUT2D eigenvalue weighted by atomic mass is 32.1. The van der Waals surface area contributed by atoms with Gasteiger partial charge in [0, 0.05) is 57.5 Å². The van der Waals surface area contributed by atoms with E-state index in [9.17, 15) is 9.59 Å². The van der Waals surface area contributed by atoms with Gasteiger partial charge in [-0.3, -0.25) is 19.4 Å². The van der Waals surface area contributed by atoms with E-state index in [1.165, 1.54) is 29.3 Å². The number of fused-ring (bicyclic) bond motifs is 3. The van der Waals surface area contributed by atoms with E-state index in [0.717, 1.165) is 64.2 Å². The third kappa shape index (κ3) is 4.99. The molecule has 2 saturated carbocycles. The molecule has 0 radical (unpaired) electrons. The molecule has 2 aliphatic carbocycles. The van der Waals surface area contributed by atoms with Crippen molar-refractivity contribution in [3.8, 4) is 0 Å². The Kier molecular flexibility index (Phi) is 6.80. The zero-order valence-corrected chi connectivity index (χ0v) is 21.6. The van der Waals surface area contributed by atoms with Gasteiger partial charge in [0.2, 0.25) is 11.8 Å². The molecule has 35 heavy (non-hydrogen) atoms. The fraction of sp³-hybridized carbons (Fsp3) is 0.679. The maximum absolute atomic E-state index is 13.1. The third-order valence-electron chi connectivity index (χ3n) is 9.19. The molecule has 6 rings (SSSR count). The number of piperazine rings is 1. The number of nitrogens with zero attached hydrogens (tertiary/aromatic N) is 4. The van der Waals surface area contributed by atoms with Gasteiger partial charge in [-0.15, -0.1) is 0 Å².